The van der Waals surface area contributed by atoms with Gasteiger partial charge in [-0.2, -0.15) is 0 Å². The summed E-state index contributed by atoms with van der Waals surface area (Å²) < 4.78 is 10.2. The minimum atomic E-state index is -0.754. The van der Waals surface area contributed by atoms with Crippen LogP contribution in [-0.4, -0.2) is 18.5 Å². The molecule has 4 nitrogen and oxygen atoms in total. The molecule has 2 rings (SSSR count). The zero-order valence-electron chi connectivity index (χ0n) is 12.6. The van der Waals surface area contributed by atoms with Crippen molar-refractivity contribution < 1.29 is 14.3 Å². The van der Waals surface area contributed by atoms with Crippen molar-refractivity contribution in [2.24, 2.45) is 4.99 Å². The molecule has 23 heavy (non-hydrogen) atoms. The number of nitrogens with zero attached hydrogens (tertiary/aromatic N) is 1. The quantitative estimate of drug-likeness (QED) is 0.405. The normalized spacial score (nSPS) is 11.0. The van der Waals surface area contributed by atoms with Gasteiger partial charge in [-0.3, -0.25) is 4.99 Å². The summed E-state index contributed by atoms with van der Waals surface area (Å²) in [6.07, 6.45) is 0.576. The maximum Gasteiger partial charge on any atom is 0.514 e. The maximum atomic E-state index is 11.6. The molecule has 0 saturated heterocycles. The number of halogens is 2. The van der Waals surface area contributed by atoms with Crippen LogP contribution in [0, 0.1) is 0 Å². The Bertz CT molecular complexity index is 730. The van der Waals surface area contributed by atoms with E-state index in [4.69, 9.17) is 32.7 Å². The summed E-state index contributed by atoms with van der Waals surface area (Å²) in [5, 5.41) is 0.886. The summed E-state index contributed by atoms with van der Waals surface area (Å²) in [5.74, 6) is 0.363. The van der Waals surface area contributed by atoms with E-state index in [1.165, 1.54) is 0 Å². The van der Waals surface area contributed by atoms with E-state index in [1.54, 1.807) is 56.5 Å². The minimum Gasteiger partial charge on any atom is -0.431 e. The molecule has 0 aliphatic rings. The lowest BCUT2D eigenvalue weighted by Crippen LogP contribution is -2.16. The summed E-state index contributed by atoms with van der Waals surface area (Å²) >= 11 is 11.8. The Morgan fingerprint density at radius 2 is 1.87 bits per heavy atom. The second kappa shape index (κ2) is 7.99. The summed E-state index contributed by atoms with van der Waals surface area (Å²) in [4.78, 5) is 15.9. The van der Waals surface area contributed by atoms with Crippen LogP contribution in [0.15, 0.2) is 47.5 Å². The summed E-state index contributed by atoms with van der Waals surface area (Å²) in [6, 6.07) is 12.1. The molecule has 0 radical (unpaired) electrons. The molecule has 0 saturated carbocycles. The third kappa shape index (κ3) is 5.27. The van der Waals surface area contributed by atoms with E-state index < -0.39 is 6.16 Å². The zero-order valence-corrected chi connectivity index (χ0v) is 14.1. The highest BCUT2D eigenvalue weighted by Gasteiger charge is 2.10. The summed E-state index contributed by atoms with van der Waals surface area (Å²) in [6.45, 7) is 3.50. The van der Waals surface area contributed by atoms with Gasteiger partial charge in [0, 0.05) is 11.8 Å². The SMILES string of the molecule is CC(C)OC(=O)Oc1ccccc1C=Nc1ccc(Cl)c(Cl)c1. The first kappa shape index (κ1) is 17.3. The second-order valence-electron chi connectivity index (χ2n) is 4.91. The lowest BCUT2D eigenvalue weighted by molar-refractivity contribution is 0.0728. The predicted molar refractivity (Wildman–Crippen MR) is 92.4 cm³/mol. The highest BCUT2D eigenvalue weighted by Crippen LogP contribution is 2.27. The molecule has 120 valence electrons. The number of hydrogen-bond acceptors (Lipinski definition) is 4. The predicted octanol–water partition coefficient (Wildman–Crippen LogP) is 5.67. The first-order valence-corrected chi connectivity index (χ1v) is 7.68. The standard InChI is InChI=1S/C17H15Cl2NO3/c1-11(2)22-17(21)23-16-6-4-3-5-12(16)10-20-13-7-8-14(18)15(19)9-13/h3-11H,1-2H3. The summed E-state index contributed by atoms with van der Waals surface area (Å²) in [5.41, 5.74) is 1.28. The Balaban J connectivity index is 2.18. The number of hydrogen-bond donors (Lipinski definition) is 0. The van der Waals surface area contributed by atoms with E-state index in [1.807, 2.05) is 6.07 Å². The molecule has 0 bridgehead atoms. The fourth-order valence-corrected chi connectivity index (χ4v) is 1.99. The van der Waals surface area contributed by atoms with Gasteiger partial charge in [-0.1, -0.05) is 35.3 Å². The number of ether oxygens (including phenoxy) is 2. The fourth-order valence-electron chi connectivity index (χ4n) is 1.70. The molecule has 6 heteroatoms. The monoisotopic (exact) mass is 351 g/mol. The Morgan fingerprint density at radius 3 is 2.57 bits per heavy atom. The molecular weight excluding hydrogens is 337 g/mol. The number of para-hydroxylation sites is 1. The van der Waals surface area contributed by atoms with Crippen molar-refractivity contribution in [2.75, 3.05) is 0 Å². The molecule has 0 unspecified atom stereocenters. The number of carbonyl (C=O) groups excluding carboxylic acids is 1. The average Bonchev–Trinajstić information content (AvgIpc) is 2.49. The molecule has 2 aromatic carbocycles. The Morgan fingerprint density at radius 1 is 1.13 bits per heavy atom. The minimum absolute atomic E-state index is 0.250. The van der Waals surface area contributed by atoms with Crippen LogP contribution in [0.3, 0.4) is 0 Å². The van der Waals surface area contributed by atoms with Crippen LogP contribution in [-0.2, 0) is 4.74 Å². The highest BCUT2D eigenvalue weighted by atomic mass is 35.5. The van der Waals surface area contributed by atoms with Crippen molar-refractivity contribution in [2.45, 2.75) is 20.0 Å². The van der Waals surface area contributed by atoms with E-state index in [0.29, 0.717) is 27.0 Å². The maximum absolute atomic E-state index is 11.6. The van der Waals surface area contributed by atoms with E-state index in [-0.39, 0.29) is 6.10 Å². The Kier molecular flexibility index (Phi) is 6.02. The van der Waals surface area contributed by atoms with Crippen LogP contribution >= 0.6 is 23.2 Å². The van der Waals surface area contributed by atoms with E-state index in [9.17, 15) is 4.79 Å². The third-order valence-electron chi connectivity index (χ3n) is 2.70. The molecule has 0 N–H and O–H groups in total. The molecule has 0 aromatic heterocycles. The van der Waals surface area contributed by atoms with Gasteiger partial charge in [-0.05, 0) is 44.2 Å². The van der Waals surface area contributed by atoms with Crippen molar-refractivity contribution >= 4 is 41.3 Å². The molecule has 0 spiro atoms. The van der Waals surface area contributed by atoms with Crippen LogP contribution in [0.2, 0.25) is 10.0 Å². The zero-order chi connectivity index (χ0) is 16.8. The van der Waals surface area contributed by atoms with Gasteiger partial charge in [-0.15, -0.1) is 0 Å². The smallest absolute Gasteiger partial charge is 0.431 e. The molecule has 0 fully saturated rings. The number of aliphatic imine (C=N–C) groups is 1. The molecule has 0 aliphatic carbocycles. The van der Waals surface area contributed by atoms with Gasteiger partial charge in [-0.25, -0.2) is 4.79 Å². The Hall–Kier alpha value is -2.04. The van der Waals surface area contributed by atoms with E-state index >= 15 is 0 Å². The van der Waals surface area contributed by atoms with Gasteiger partial charge in [0.05, 0.1) is 21.8 Å². The molecular formula is C17H15Cl2NO3. The fraction of sp³-hybridized carbons (Fsp3) is 0.176. The van der Waals surface area contributed by atoms with Gasteiger partial charge >= 0.3 is 6.16 Å². The lowest BCUT2D eigenvalue weighted by Gasteiger charge is -2.09. The number of carbonyl (C=O) groups is 1. The van der Waals surface area contributed by atoms with Gasteiger partial charge in [0.15, 0.2) is 0 Å². The number of rotatable bonds is 4. The number of benzene rings is 2. The van der Waals surface area contributed by atoms with Gasteiger partial charge < -0.3 is 9.47 Å². The average molecular weight is 352 g/mol. The van der Waals surface area contributed by atoms with E-state index in [2.05, 4.69) is 4.99 Å². The van der Waals surface area contributed by atoms with Crippen LogP contribution in [0.25, 0.3) is 0 Å². The van der Waals surface area contributed by atoms with Crippen molar-refractivity contribution in [1.29, 1.82) is 0 Å². The first-order chi connectivity index (χ1) is 11.0. The lowest BCUT2D eigenvalue weighted by atomic mass is 10.2. The van der Waals surface area contributed by atoms with Crippen molar-refractivity contribution in [1.82, 2.24) is 0 Å². The van der Waals surface area contributed by atoms with Crippen LogP contribution in [0.5, 0.6) is 5.75 Å². The molecule has 0 atom stereocenters. The molecule has 0 aliphatic heterocycles. The van der Waals surface area contributed by atoms with Crippen LogP contribution in [0.1, 0.15) is 19.4 Å². The molecule has 2 aromatic rings. The Labute approximate surface area is 144 Å². The van der Waals surface area contributed by atoms with Crippen molar-refractivity contribution in [3.05, 3.63) is 58.1 Å². The van der Waals surface area contributed by atoms with Crippen LogP contribution < -0.4 is 4.74 Å². The largest absolute Gasteiger partial charge is 0.514 e. The molecule has 0 heterocycles. The first-order valence-electron chi connectivity index (χ1n) is 6.92. The van der Waals surface area contributed by atoms with Gasteiger partial charge in [0.1, 0.15) is 5.75 Å². The third-order valence-corrected chi connectivity index (χ3v) is 3.44. The van der Waals surface area contributed by atoms with Gasteiger partial charge in [0.2, 0.25) is 0 Å². The van der Waals surface area contributed by atoms with E-state index in [0.717, 1.165) is 0 Å². The second-order valence-corrected chi connectivity index (χ2v) is 5.73. The van der Waals surface area contributed by atoms with Crippen LogP contribution in [0.4, 0.5) is 10.5 Å². The topological polar surface area (TPSA) is 47.9 Å². The highest BCUT2D eigenvalue weighted by molar-refractivity contribution is 6.42. The van der Waals surface area contributed by atoms with Crippen molar-refractivity contribution in [3.63, 3.8) is 0 Å². The summed E-state index contributed by atoms with van der Waals surface area (Å²) in [7, 11) is 0. The van der Waals surface area contributed by atoms with Gasteiger partial charge in [0.25, 0.3) is 0 Å². The molecule has 0 amide bonds. The van der Waals surface area contributed by atoms with Crippen molar-refractivity contribution in [3.8, 4) is 5.75 Å².